The number of carbonyl (C=O) groups excluding carboxylic acids is 1. The van der Waals surface area contributed by atoms with E-state index in [0.717, 1.165) is 28.4 Å². The Morgan fingerprint density at radius 1 is 1.32 bits per heavy atom. The van der Waals surface area contributed by atoms with Crippen LogP contribution in [0.1, 0.15) is 23.9 Å². The van der Waals surface area contributed by atoms with Gasteiger partial charge in [-0.3, -0.25) is 4.79 Å². The Hall–Kier alpha value is -2.12. The highest BCUT2D eigenvalue weighted by Gasteiger charge is 2.26. The summed E-state index contributed by atoms with van der Waals surface area (Å²) in [5.74, 6) is 1.14. The number of thiocarbonyl (C=S) groups is 1. The van der Waals surface area contributed by atoms with E-state index < -0.39 is 0 Å². The van der Waals surface area contributed by atoms with E-state index in [-0.39, 0.29) is 5.91 Å². The molecule has 1 aliphatic heterocycles. The highest BCUT2D eigenvalue weighted by atomic mass is 32.2. The Balaban J connectivity index is 1.88. The maximum Gasteiger partial charge on any atom is 0.259 e. The van der Waals surface area contributed by atoms with Crippen LogP contribution in [0.5, 0.6) is 5.75 Å². The second-order valence-corrected chi connectivity index (χ2v) is 7.20. The first-order chi connectivity index (χ1) is 12.0. The van der Waals surface area contributed by atoms with Gasteiger partial charge in [0, 0.05) is 22.6 Å². The van der Waals surface area contributed by atoms with Crippen molar-refractivity contribution in [2.45, 2.75) is 20.8 Å². The van der Waals surface area contributed by atoms with Crippen molar-refractivity contribution in [2.24, 2.45) is 5.10 Å². The fourth-order valence-electron chi connectivity index (χ4n) is 2.75. The van der Waals surface area contributed by atoms with Crippen LogP contribution in [0.15, 0.2) is 35.4 Å². The number of hydrogen-bond acceptors (Lipinski definition) is 5. The van der Waals surface area contributed by atoms with Crippen molar-refractivity contribution in [3.05, 3.63) is 47.3 Å². The molecule has 0 radical (unpaired) electrons. The predicted molar refractivity (Wildman–Crippen MR) is 106 cm³/mol. The summed E-state index contributed by atoms with van der Waals surface area (Å²) in [5, 5.41) is 5.56. The molecule has 2 heterocycles. The van der Waals surface area contributed by atoms with Crippen molar-refractivity contribution in [1.29, 1.82) is 0 Å². The van der Waals surface area contributed by atoms with Crippen LogP contribution in [-0.2, 0) is 4.79 Å². The van der Waals surface area contributed by atoms with E-state index in [1.807, 2.05) is 51.1 Å². The highest BCUT2D eigenvalue weighted by molar-refractivity contribution is 8.23. The van der Waals surface area contributed by atoms with Crippen molar-refractivity contribution in [1.82, 2.24) is 9.58 Å². The van der Waals surface area contributed by atoms with Crippen LogP contribution in [0, 0.1) is 13.8 Å². The van der Waals surface area contributed by atoms with Gasteiger partial charge in [-0.15, -0.1) is 0 Å². The minimum atomic E-state index is -0.0772. The Labute approximate surface area is 156 Å². The lowest BCUT2D eigenvalue weighted by Gasteiger charge is -2.11. The number of carbonyl (C=O) groups is 1. The summed E-state index contributed by atoms with van der Waals surface area (Å²) in [6.07, 6.45) is 1.70. The van der Waals surface area contributed by atoms with Crippen molar-refractivity contribution in [3.8, 4) is 11.4 Å². The van der Waals surface area contributed by atoms with Crippen molar-refractivity contribution in [2.75, 3.05) is 12.4 Å². The molecular weight excluding hydrogens is 354 g/mol. The molecule has 3 rings (SSSR count). The van der Waals surface area contributed by atoms with Crippen LogP contribution in [0.4, 0.5) is 0 Å². The zero-order valence-electron chi connectivity index (χ0n) is 14.4. The van der Waals surface area contributed by atoms with Gasteiger partial charge in [0.15, 0.2) is 4.32 Å². The highest BCUT2D eigenvalue weighted by Crippen LogP contribution is 2.23. The van der Waals surface area contributed by atoms with E-state index >= 15 is 0 Å². The van der Waals surface area contributed by atoms with Gasteiger partial charge in [-0.05, 0) is 51.1 Å². The molecule has 2 aromatic rings. The summed E-state index contributed by atoms with van der Waals surface area (Å²) >= 11 is 6.48. The lowest BCUT2D eigenvalue weighted by Crippen LogP contribution is -2.22. The molecule has 0 spiro atoms. The third-order valence-corrected chi connectivity index (χ3v) is 5.25. The largest absolute Gasteiger partial charge is 0.494 e. The molecule has 7 heteroatoms. The van der Waals surface area contributed by atoms with E-state index in [2.05, 4.69) is 9.67 Å². The first kappa shape index (κ1) is 17.7. The molecule has 1 saturated heterocycles. The third-order valence-electron chi connectivity index (χ3n) is 3.92. The molecule has 1 fully saturated rings. The number of amides is 1. The maximum atomic E-state index is 11.8. The summed E-state index contributed by atoms with van der Waals surface area (Å²) in [6, 6.07) is 10.0. The standard InChI is InChI=1S/C18H19N3O2S2/c1-4-23-16-7-5-15(6-8-16)20-12(2)9-14(13(20)3)10-19-21-17(22)11-25-18(21)24/h5-10H,4,11H2,1-3H3. The van der Waals surface area contributed by atoms with Gasteiger partial charge in [0.05, 0.1) is 18.6 Å². The molecule has 0 saturated carbocycles. The van der Waals surface area contributed by atoms with Crippen LogP contribution >= 0.6 is 24.0 Å². The molecule has 1 amide bonds. The maximum absolute atomic E-state index is 11.8. The summed E-state index contributed by atoms with van der Waals surface area (Å²) < 4.78 is 8.15. The van der Waals surface area contributed by atoms with Crippen LogP contribution in [0.25, 0.3) is 5.69 Å². The Morgan fingerprint density at radius 3 is 2.64 bits per heavy atom. The molecule has 1 aliphatic rings. The number of thioether (sulfide) groups is 1. The predicted octanol–water partition coefficient (Wildman–Crippen LogP) is 3.69. The monoisotopic (exact) mass is 373 g/mol. The topological polar surface area (TPSA) is 46.8 Å². The summed E-state index contributed by atoms with van der Waals surface area (Å²) in [6.45, 7) is 6.69. The average molecular weight is 374 g/mol. The summed E-state index contributed by atoms with van der Waals surface area (Å²) in [5.41, 5.74) is 4.16. The second kappa shape index (κ2) is 7.41. The van der Waals surface area contributed by atoms with Crippen LogP contribution in [-0.4, -0.2) is 38.4 Å². The number of nitrogens with zero attached hydrogens (tertiary/aromatic N) is 3. The van der Waals surface area contributed by atoms with Gasteiger partial charge in [0.1, 0.15) is 5.75 Å². The molecule has 0 bridgehead atoms. The van der Waals surface area contributed by atoms with Crippen LogP contribution < -0.4 is 4.74 Å². The number of benzene rings is 1. The van der Waals surface area contributed by atoms with Gasteiger partial charge in [-0.1, -0.05) is 24.0 Å². The Kier molecular flexibility index (Phi) is 5.24. The lowest BCUT2D eigenvalue weighted by atomic mass is 10.2. The van der Waals surface area contributed by atoms with E-state index in [1.165, 1.54) is 16.8 Å². The van der Waals surface area contributed by atoms with E-state index in [1.54, 1.807) is 6.21 Å². The smallest absolute Gasteiger partial charge is 0.259 e. The molecule has 0 unspecified atom stereocenters. The van der Waals surface area contributed by atoms with Crippen molar-refractivity contribution in [3.63, 3.8) is 0 Å². The number of hydrogen-bond donors (Lipinski definition) is 0. The lowest BCUT2D eigenvalue weighted by molar-refractivity contribution is -0.123. The zero-order chi connectivity index (χ0) is 18.0. The fraction of sp³-hybridized carbons (Fsp3) is 0.278. The second-order valence-electron chi connectivity index (χ2n) is 5.59. The molecule has 1 aromatic heterocycles. The van der Waals surface area contributed by atoms with E-state index in [0.29, 0.717) is 16.7 Å². The average Bonchev–Trinajstić information content (AvgIpc) is 3.06. The first-order valence-corrected chi connectivity index (χ1v) is 9.36. The quantitative estimate of drug-likeness (QED) is 0.592. The van der Waals surface area contributed by atoms with Crippen molar-refractivity contribution < 1.29 is 9.53 Å². The Bertz CT molecular complexity index is 825. The molecular formula is C18H19N3O2S2. The summed E-state index contributed by atoms with van der Waals surface area (Å²) in [7, 11) is 0. The molecule has 130 valence electrons. The molecule has 0 aliphatic carbocycles. The fourth-order valence-corrected chi connectivity index (χ4v) is 3.72. The Morgan fingerprint density at radius 2 is 2.04 bits per heavy atom. The number of ether oxygens (including phenoxy) is 1. The van der Waals surface area contributed by atoms with Crippen LogP contribution in [0.3, 0.4) is 0 Å². The zero-order valence-corrected chi connectivity index (χ0v) is 16.0. The molecule has 25 heavy (non-hydrogen) atoms. The molecule has 0 N–H and O–H groups in total. The van der Waals surface area contributed by atoms with Gasteiger partial charge in [-0.2, -0.15) is 10.1 Å². The third kappa shape index (κ3) is 3.62. The van der Waals surface area contributed by atoms with Gasteiger partial charge >= 0.3 is 0 Å². The summed E-state index contributed by atoms with van der Waals surface area (Å²) in [4.78, 5) is 11.8. The minimum Gasteiger partial charge on any atom is -0.494 e. The van der Waals surface area contributed by atoms with Gasteiger partial charge in [0.2, 0.25) is 0 Å². The van der Waals surface area contributed by atoms with E-state index in [9.17, 15) is 4.79 Å². The van der Waals surface area contributed by atoms with E-state index in [4.69, 9.17) is 17.0 Å². The van der Waals surface area contributed by atoms with Crippen LogP contribution in [0.2, 0.25) is 0 Å². The van der Waals surface area contributed by atoms with Gasteiger partial charge in [-0.25, -0.2) is 0 Å². The molecule has 1 aromatic carbocycles. The minimum absolute atomic E-state index is 0.0772. The molecule has 5 nitrogen and oxygen atoms in total. The van der Waals surface area contributed by atoms with Gasteiger partial charge < -0.3 is 9.30 Å². The number of aryl methyl sites for hydroxylation is 1. The normalized spacial score (nSPS) is 14.8. The number of hydrazone groups is 1. The van der Waals surface area contributed by atoms with Gasteiger partial charge in [0.25, 0.3) is 5.91 Å². The first-order valence-electron chi connectivity index (χ1n) is 7.97. The van der Waals surface area contributed by atoms with Crippen molar-refractivity contribution >= 4 is 40.4 Å². The SMILES string of the molecule is CCOc1ccc(-n2c(C)cc(C=NN3C(=O)CSC3=S)c2C)cc1. The number of rotatable bonds is 5. The number of aromatic nitrogens is 1. The molecule has 0 atom stereocenters.